The molecule has 0 aliphatic heterocycles. The highest BCUT2D eigenvalue weighted by Gasteiger charge is 2.56. The quantitative estimate of drug-likeness (QED) is 0.279. The second-order valence-electron chi connectivity index (χ2n) is 11.8. The van der Waals surface area contributed by atoms with Crippen molar-refractivity contribution in [1.82, 2.24) is 0 Å². The lowest BCUT2D eigenvalue weighted by molar-refractivity contribution is 0.177. The third kappa shape index (κ3) is 5.30. The molecular weight excluding hydrogens is 431 g/mol. The van der Waals surface area contributed by atoms with Crippen LogP contribution in [0.15, 0.2) is 30.3 Å². The Morgan fingerprint density at radius 2 is 1.58 bits per heavy atom. The van der Waals surface area contributed by atoms with Gasteiger partial charge in [-0.15, -0.1) is 0 Å². The highest BCUT2D eigenvalue weighted by Crippen LogP contribution is 2.64. The maximum absolute atomic E-state index is 11.0. The largest absolute Gasteiger partial charge is 0.469 e. The molecule has 4 fully saturated rings. The molecule has 0 aromatic heterocycles. The van der Waals surface area contributed by atoms with E-state index in [9.17, 15) is 4.57 Å². The number of phosphoric acid groups is 1. The lowest BCUT2D eigenvalue weighted by atomic mass is 9.74. The van der Waals surface area contributed by atoms with Crippen LogP contribution in [0.25, 0.3) is 0 Å². The zero-order valence-electron chi connectivity index (χ0n) is 20.2. The molecule has 5 rings (SSSR count). The Morgan fingerprint density at radius 3 is 2.27 bits per heavy atom. The van der Waals surface area contributed by atoms with Gasteiger partial charge in [0.25, 0.3) is 0 Å². The van der Waals surface area contributed by atoms with Gasteiger partial charge in [-0.05, 0) is 123 Å². The van der Waals surface area contributed by atoms with E-state index in [1.54, 1.807) is 0 Å². The number of hydrogen-bond acceptors (Lipinski definition) is 2. The Balaban J connectivity index is 1.20. The monoisotopic (exact) mass is 474 g/mol. The van der Waals surface area contributed by atoms with Crippen molar-refractivity contribution in [2.45, 2.75) is 83.5 Å². The van der Waals surface area contributed by atoms with Gasteiger partial charge in [-0.1, -0.05) is 43.7 Å². The molecule has 1 aromatic rings. The summed E-state index contributed by atoms with van der Waals surface area (Å²) in [5, 5.41) is 0. The van der Waals surface area contributed by atoms with Crippen molar-refractivity contribution in [3.8, 4) is 0 Å². The molecule has 1 aromatic carbocycles. The maximum atomic E-state index is 11.0. The van der Waals surface area contributed by atoms with Crippen LogP contribution in [0.4, 0.5) is 0 Å². The molecule has 33 heavy (non-hydrogen) atoms. The van der Waals surface area contributed by atoms with Crippen molar-refractivity contribution < 1.29 is 18.9 Å². The molecule has 4 aliphatic rings. The van der Waals surface area contributed by atoms with E-state index in [2.05, 4.69) is 37.3 Å². The Labute approximate surface area is 200 Å². The fraction of sp³-hybridized carbons (Fsp3) is 0.786. The average molecular weight is 475 g/mol. The summed E-state index contributed by atoms with van der Waals surface area (Å²) in [5.41, 5.74) is 1.49. The minimum absolute atomic E-state index is 0.160. The van der Waals surface area contributed by atoms with Crippen molar-refractivity contribution >= 4 is 7.82 Å². The summed E-state index contributed by atoms with van der Waals surface area (Å²) in [4.78, 5) is 17.9. The fourth-order valence-corrected chi connectivity index (χ4v) is 9.49. The summed E-state index contributed by atoms with van der Waals surface area (Å²) >= 11 is 0. The molecule has 4 aliphatic carbocycles. The van der Waals surface area contributed by atoms with E-state index in [1.807, 2.05) is 0 Å². The van der Waals surface area contributed by atoms with E-state index in [0.29, 0.717) is 11.8 Å². The molecule has 4 saturated carbocycles. The third-order valence-electron chi connectivity index (χ3n) is 10.2. The number of rotatable bonds is 10. The molecule has 0 spiro atoms. The Kier molecular flexibility index (Phi) is 7.38. The van der Waals surface area contributed by atoms with E-state index in [4.69, 9.17) is 14.3 Å². The SMILES string of the molecule is CCC1CC(CCC2CC(CCCOP(=O)(O)O)CC2c2ccccc2)C2C3CCC(C3)C12. The minimum atomic E-state index is -4.34. The van der Waals surface area contributed by atoms with Gasteiger partial charge in [0.2, 0.25) is 0 Å². The van der Waals surface area contributed by atoms with Crippen molar-refractivity contribution in [3.63, 3.8) is 0 Å². The maximum Gasteiger partial charge on any atom is 0.469 e. The lowest BCUT2D eigenvalue weighted by Crippen LogP contribution is -2.24. The smallest absolute Gasteiger partial charge is 0.303 e. The van der Waals surface area contributed by atoms with Gasteiger partial charge in [0, 0.05) is 0 Å². The molecule has 9 atom stereocenters. The van der Waals surface area contributed by atoms with Crippen LogP contribution < -0.4 is 0 Å². The van der Waals surface area contributed by atoms with E-state index in [0.717, 1.165) is 54.3 Å². The molecule has 9 unspecified atom stereocenters. The first-order valence-electron chi connectivity index (χ1n) is 13.7. The lowest BCUT2D eigenvalue weighted by Gasteiger charge is -2.31. The minimum Gasteiger partial charge on any atom is -0.303 e. The molecule has 4 nitrogen and oxygen atoms in total. The summed E-state index contributed by atoms with van der Waals surface area (Å²) in [6.07, 6.45) is 14.4. The molecule has 0 saturated heterocycles. The number of fused-ring (bicyclic) bond motifs is 5. The summed E-state index contributed by atoms with van der Waals surface area (Å²) in [6, 6.07) is 11.1. The summed E-state index contributed by atoms with van der Waals surface area (Å²) in [5.74, 6) is 8.15. The summed E-state index contributed by atoms with van der Waals surface area (Å²) in [6.45, 7) is 2.59. The van der Waals surface area contributed by atoms with Crippen molar-refractivity contribution in [1.29, 1.82) is 0 Å². The van der Waals surface area contributed by atoms with Crippen LogP contribution in [0.2, 0.25) is 0 Å². The van der Waals surface area contributed by atoms with E-state index < -0.39 is 7.82 Å². The molecule has 0 heterocycles. The summed E-state index contributed by atoms with van der Waals surface area (Å²) in [7, 11) is -4.34. The number of benzene rings is 1. The molecular formula is C28H43O4P. The number of hydrogen-bond donors (Lipinski definition) is 2. The highest BCUT2D eigenvalue weighted by atomic mass is 31.2. The van der Waals surface area contributed by atoms with Gasteiger partial charge in [-0.3, -0.25) is 4.52 Å². The van der Waals surface area contributed by atoms with Gasteiger partial charge in [0.05, 0.1) is 6.61 Å². The predicted octanol–water partition coefficient (Wildman–Crippen LogP) is 7.17. The molecule has 0 amide bonds. The van der Waals surface area contributed by atoms with Crippen LogP contribution in [0, 0.1) is 47.3 Å². The Hall–Kier alpha value is -0.670. The van der Waals surface area contributed by atoms with E-state index in [-0.39, 0.29) is 6.61 Å². The first-order chi connectivity index (χ1) is 15.9. The van der Waals surface area contributed by atoms with Gasteiger partial charge < -0.3 is 9.79 Å². The zero-order chi connectivity index (χ0) is 23.0. The van der Waals surface area contributed by atoms with Crippen LogP contribution in [-0.4, -0.2) is 16.4 Å². The fourth-order valence-electron chi connectivity index (χ4n) is 9.12. The van der Waals surface area contributed by atoms with E-state index in [1.165, 1.54) is 63.4 Å². The van der Waals surface area contributed by atoms with Crippen LogP contribution in [-0.2, 0) is 9.09 Å². The predicted molar refractivity (Wildman–Crippen MR) is 132 cm³/mol. The van der Waals surface area contributed by atoms with Gasteiger partial charge >= 0.3 is 7.82 Å². The van der Waals surface area contributed by atoms with Gasteiger partial charge in [-0.25, -0.2) is 4.57 Å². The van der Waals surface area contributed by atoms with Crippen LogP contribution >= 0.6 is 7.82 Å². The van der Waals surface area contributed by atoms with Gasteiger partial charge in [0.1, 0.15) is 0 Å². The van der Waals surface area contributed by atoms with Crippen molar-refractivity contribution in [2.75, 3.05) is 6.61 Å². The normalized spacial score (nSPS) is 39.9. The second-order valence-corrected chi connectivity index (χ2v) is 13.0. The molecule has 2 N–H and O–H groups in total. The van der Waals surface area contributed by atoms with E-state index >= 15 is 0 Å². The number of phosphoric ester groups is 1. The third-order valence-corrected chi connectivity index (χ3v) is 10.7. The topological polar surface area (TPSA) is 66.8 Å². The first-order valence-corrected chi connectivity index (χ1v) is 15.2. The average Bonchev–Trinajstić information content (AvgIpc) is 3.57. The first kappa shape index (κ1) is 24.0. The van der Waals surface area contributed by atoms with Crippen LogP contribution in [0.3, 0.4) is 0 Å². The zero-order valence-corrected chi connectivity index (χ0v) is 21.1. The molecule has 2 bridgehead atoms. The molecule has 0 radical (unpaired) electrons. The van der Waals surface area contributed by atoms with Crippen LogP contribution in [0.1, 0.15) is 89.0 Å². The summed E-state index contributed by atoms with van der Waals surface area (Å²) < 4.78 is 15.7. The molecule has 184 valence electrons. The van der Waals surface area contributed by atoms with Crippen molar-refractivity contribution in [2.24, 2.45) is 47.3 Å². The van der Waals surface area contributed by atoms with Crippen LogP contribution in [0.5, 0.6) is 0 Å². The molecule has 5 heteroatoms. The van der Waals surface area contributed by atoms with Crippen molar-refractivity contribution in [3.05, 3.63) is 35.9 Å². The Bertz CT molecular complexity index is 822. The van der Waals surface area contributed by atoms with Gasteiger partial charge in [0.15, 0.2) is 0 Å². The highest BCUT2D eigenvalue weighted by molar-refractivity contribution is 7.46. The van der Waals surface area contributed by atoms with Gasteiger partial charge in [-0.2, -0.15) is 0 Å². The second kappa shape index (κ2) is 10.1. The standard InChI is InChI=1S/C28H43O4P/c1-2-20-17-23(28-25-13-12-24(18-25)27(20)28)11-10-22-15-19(7-6-14-32-33(29,30)31)16-26(22)21-8-4-3-5-9-21/h3-5,8-9,19-20,22-28H,2,6-7,10-18H2,1H3,(H2,29,30,31). The Morgan fingerprint density at radius 1 is 0.879 bits per heavy atom.